The lowest BCUT2D eigenvalue weighted by atomic mass is 10.0. The number of esters is 1. The van der Waals surface area contributed by atoms with Crippen LogP contribution in [0.1, 0.15) is 33.1 Å². The van der Waals surface area contributed by atoms with Crippen molar-refractivity contribution in [2.24, 2.45) is 0 Å². The average molecular weight is 438 g/mol. The summed E-state index contributed by atoms with van der Waals surface area (Å²) in [5.74, 6) is -0.430. The molecule has 9 heteroatoms. The predicted molar refractivity (Wildman–Crippen MR) is 117 cm³/mol. The third kappa shape index (κ3) is 3.80. The van der Waals surface area contributed by atoms with E-state index >= 15 is 0 Å². The number of thiophene rings is 1. The zero-order valence-corrected chi connectivity index (χ0v) is 17.6. The summed E-state index contributed by atoms with van der Waals surface area (Å²) >= 11 is 14.7. The van der Waals surface area contributed by atoms with Gasteiger partial charge in [-0.05, 0) is 56.1 Å². The number of ether oxygens (including phenoxy) is 1. The van der Waals surface area contributed by atoms with Crippen LogP contribution in [0.4, 0.5) is 10.8 Å². The first-order valence-corrected chi connectivity index (χ1v) is 10.8. The molecule has 1 aliphatic carbocycles. The Morgan fingerprint density at radius 3 is 2.85 bits per heavy atom. The Kier molecular flexibility index (Phi) is 5.32. The van der Waals surface area contributed by atoms with Crippen LogP contribution in [0.3, 0.4) is 0 Å². The van der Waals surface area contributed by atoms with E-state index in [1.807, 2.05) is 18.2 Å². The largest absolute Gasteiger partial charge is 0.465 e. The number of halogens is 1. The molecule has 1 aromatic carbocycles. The zero-order chi connectivity index (χ0) is 19.0. The second kappa shape index (κ2) is 7.71. The Morgan fingerprint density at radius 1 is 1.26 bits per heavy atom. The molecule has 0 aliphatic heterocycles. The molecule has 0 spiro atoms. The normalized spacial score (nSPS) is 13.3. The van der Waals surface area contributed by atoms with Crippen molar-refractivity contribution in [3.05, 3.63) is 38.7 Å². The van der Waals surface area contributed by atoms with Gasteiger partial charge in [0.25, 0.3) is 0 Å². The van der Waals surface area contributed by atoms with Crippen LogP contribution in [0.15, 0.2) is 18.2 Å². The fourth-order valence-corrected chi connectivity index (χ4v) is 5.83. The minimum Gasteiger partial charge on any atom is -0.465 e. The van der Waals surface area contributed by atoms with Crippen molar-refractivity contribution < 1.29 is 9.53 Å². The summed E-state index contributed by atoms with van der Waals surface area (Å²) in [6.07, 6.45) is 4.59. The average Bonchev–Trinajstić information content (AvgIpc) is 3.21. The number of carbonyl (C=O) groups is 1. The van der Waals surface area contributed by atoms with Gasteiger partial charge in [0, 0.05) is 20.7 Å². The number of thiazole rings is 1. The van der Waals surface area contributed by atoms with Crippen molar-refractivity contribution in [2.45, 2.75) is 25.7 Å². The highest BCUT2D eigenvalue weighted by molar-refractivity contribution is 7.80. The lowest BCUT2D eigenvalue weighted by Crippen LogP contribution is -2.18. The fraction of sp³-hybridized carbons (Fsp3) is 0.278. The molecule has 140 valence electrons. The van der Waals surface area contributed by atoms with Crippen molar-refractivity contribution in [3.8, 4) is 0 Å². The first kappa shape index (κ1) is 18.6. The summed E-state index contributed by atoms with van der Waals surface area (Å²) in [6, 6.07) is 5.66. The number of fused-ring (bicyclic) bond motifs is 2. The standard InChI is InChI=1S/C18H16ClN3O2S3/c1-24-16(23)15-14(19)10-7-6-9(8-13(10)26-15)20-17(25)22-18-21-11-4-2-3-5-12(11)27-18/h6-8H,2-5H2,1H3,(H2,20,21,22,25). The van der Waals surface area contributed by atoms with Crippen molar-refractivity contribution >= 4 is 78.5 Å². The minimum absolute atomic E-state index is 0.403. The Hall–Kier alpha value is -1.74. The maximum atomic E-state index is 11.8. The SMILES string of the molecule is COC(=O)c1sc2cc(NC(=S)Nc3nc4c(s3)CCCC4)ccc2c1Cl. The molecule has 0 atom stereocenters. The molecule has 1 aliphatic rings. The second-order valence-corrected chi connectivity index (χ2v) is 9.04. The van der Waals surface area contributed by atoms with Gasteiger partial charge in [0.1, 0.15) is 4.88 Å². The van der Waals surface area contributed by atoms with Gasteiger partial charge in [-0.3, -0.25) is 0 Å². The number of rotatable bonds is 3. The van der Waals surface area contributed by atoms with Crippen LogP contribution >= 0.6 is 46.5 Å². The highest BCUT2D eigenvalue weighted by Gasteiger charge is 2.18. The summed E-state index contributed by atoms with van der Waals surface area (Å²) in [5.41, 5.74) is 2.01. The van der Waals surface area contributed by atoms with Crippen LogP contribution in [0.2, 0.25) is 5.02 Å². The van der Waals surface area contributed by atoms with Crippen molar-refractivity contribution in [1.29, 1.82) is 0 Å². The predicted octanol–water partition coefficient (Wildman–Crippen LogP) is 5.49. The van der Waals surface area contributed by atoms with Gasteiger partial charge in [-0.25, -0.2) is 9.78 Å². The monoisotopic (exact) mass is 437 g/mol. The smallest absolute Gasteiger partial charge is 0.349 e. The molecule has 3 aromatic rings. The van der Waals surface area contributed by atoms with Gasteiger partial charge in [-0.15, -0.1) is 22.7 Å². The van der Waals surface area contributed by atoms with Crippen LogP contribution in [-0.2, 0) is 17.6 Å². The molecule has 0 fully saturated rings. The number of aromatic nitrogens is 1. The topological polar surface area (TPSA) is 63.2 Å². The zero-order valence-electron chi connectivity index (χ0n) is 14.4. The Balaban J connectivity index is 1.50. The first-order valence-electron chi connectivity index (χ1n) is 8.42. The van der Waals surface area contributed by atoms with E-state index in [0.717, 1.165) is 33.7 Å². The molecule has 0 saturated carbocycles. The molecular formula is C18H16ClN3O2S3. The van der Waals surface area contributed by atoms with Gasteiger partial charge in [-0.2, -0.15) is 0 Å². The molecule has 2 heterocycles. The van der Waals surface area contributed by atoms with Crippen LogP contribution in [0.25, 0.3) is 10.1 Å². The number of aryl methyl sites for hydroxylation is 2. The quantitative estimate of drug-likeness (QED) is 0.417. The van der Waals surface area contributed by atoms with E-state index in [2.05, 4.69) is 15.6 Å². The van der Waals surface area contributed by atoms with E-state index in [0.29, 0.717) is 15.0 Å². The molecule has 0 unspecified atom stereocenters. The molecule has 5 nitrogen and oxygen atoms in total. The number of methoxy groups -OCH3 is 1. The van der Waals surface area contributed by atoms with E-state index in [1.54, 1.807) is 11.3 Å². The van der Waals surface area contributed by atoms with Gasteiger partial charge in [0.15, 0.2) is 10.2 Å². The maximum Gasteiger partial charge on any atom is 0.349 e. The molecule has 0 radical (unpaired) electrons. The Labute approximate surface area is 174 Å². The van der Waals surface area contributed by atoms with Crippen molar-refractivity contribution in [2.75, 3.05) is 17.7 Å². The third-order valence-corrected chi connectivity index (χ3v) is 7.24. The van der Waals surface area contributed by atoms with E-state index in [9.17, 15) is 4.79 Å². The number of nitrogens with zero attached hydrogens (tertiary/aromatic N) is 1. The molecule has 2 N–H and O–H groups in total. The summed E-state index contributed by atoms with van der Waals surface area (Å²) in [7, 11) is 1.34. The number of hydrogen-bond acceptors (Lipinski definition) is 6. The van der Waals surface area contributed by atoms with Gasteiger partial charge in [0.2, 0.25) is 0 Å². The highest BCUT2D eigenvalue weighted by Crippen LogP contribution is 2.37. The van der Waals surface area contributed by atoms with E-state index < -0.39 is 5.97 Å². The van der Waals surface area contributed by atoms with Crippen LogP contribution in [-0.4, -0.2) is 23.2 Å². The van der Waals surface area contributed by atoms with Gasteiger partial charge in [0.05, 0.1) is 17.8 Å². The molecule has 0 amide bonds. The number of nitrogens with one attached hydrogen (secondary N) is 2. The summed E-state index contributed by atoms with van der Waals surface area (Å²) in [6.45, 7) is 0. The molecule has 0 saturated heterocycles. The number of thiocarbonyl (C=S) groups is 1. The van der Waals surface area contributed by atoms with Gasteiger partial charge >= 0.3 is 5.97 Å². The maximum absolute atomic E-state index is 11.8. The van der Waals surface area contributed by atoms with E-state index in [-0.39, 0.29) is 0 Å². The molecule has 2 aromatic heterocycles. The number of carbonyl (C=O) groups excluding carboxylic acids is 1. The number of anilines is 2. The van der Waals surface area contributed by atoms with Crippen LogP contribution in [0.5, 0.6) is 0 Å². The van der Waals surface area contributed by atoms with Crippen molar-refractivity contribution in [1.82, 2.24) is 4.98 Å². The fourth-order valence-electron chi connectivity index (χ4n) is 3.03. The summed E-state index contributed by atoms with van der Waals surface area (Å²) in [5, 5.41) is 8.89. The summed E-state index contributed by atoms with van der Waals surface area (Å²) in [4.78, 5) is 18.2. The molecule has 4 rings (SSSR count). The van der Waals surface area contributed by atoms with E-state index in [1.165, 1.54) is 41.9 Å². The lowest BCUT2D eigenvalue weighted by Gasteiger charge is -2.08. The van der Waals surface area contributed by atoms with Crippen molar-refractivity contribution in [3.63, 3.8) is 0 Å². The minimum atomic E-state index is -0.430. The lowest BCUT2D eigenvalue weighted by molar-refractivity contribution is 0.0606. The molecule has 0 bridgehead atoms. The van der Waals surface area contributed by atoms with E-state index in [4.69, 9.17) is 28.6 Å². The second-order valence-electron chi connectivity index (χ2n) is 6.12. The number of benzene rings is 1. The van der Waals surface area contributed by atoms with Crippen LogP contribution in [0, 0.1) is 0 Å². The third-order valence-electron chi connectivity index (χ3n) is 4.32. The van der Waals surface area contributed by atoms with Crippen LogP contribution < -0.4 is 10.6 Å². The van der Waals surface area contributed by atoms with Gasteiger partial charge in [-0.1, -0.05) is 11.6 Å². The summed E-state index contributed by atoms with van der Waals surface area (Å²) < 4.78 is 5.66. The Morgan fingerprint density at radius 2 is 2.07 bits per heavy atom. The number of hydrogen-bond donors (Lipinski definition) is 2. The molecule has 27 heavy (non-hydrogen) atoms. The highest BCUT2D eigenvalue weighted by atomic mass is 35.5. The van der Waals surface area contributed by atoms with Gasteiger partial charge < -0.3 is 15.4 Å². The first-order chi connectivity index (χ1) is 13.0. The molecular weight excluding hydrogens is 422 g/mol. The Bertz CT molecular complexity index is 1020.